The van der Waals surface area contributed by atoms with Crippen LogP contribution in [0.3, 0.4) is 0 Å². The lowest BCUT2D eigenvalue weighted by atomic mass is 10.1. The molecule has 0 unspecified atom stereocenters. The molecule has 2 nitrogen and oxygen atoms in total. The average molecular weight is 293 g/mol. The Morgan fingerprint density at radius 1 is 1.35 bits per heavy atom. The van der Waals surface area contributed by atoms with Crippen molar-refractivity contribution in [1.29, 1.82) is 0 Å². The zero-order valence-corrected chi connectivity index (χ0v) is 11.8. The Bertz CT molecular complexity index is 569. The number of rotatable bonds is 2. The van der Waals surface area contributed by atoms with E-state index in [1.807, 2.05) is 0 Å². The van der Waals surface area contributed by atoms with E-state index in [0.29, 0.717) is 6.04 Å². The summed E-state index contributed by atoms with van der Waals surface area (Å²) in [6, 6.07) is 7.06. The number of aryl methyl sites for hydroxylation is 1. The van der Waals surface area contributed by atoms with E-state index in [-0.39, 0.29) is 0 Å². The quantitative estimate of drug-likeness (QED) is 0.879. The van der Waals surface area contributed by atoms with Crippen LogP contribution in [0, 0.1) is 0 Å². The van der Waals surface area contributed by atoms with Gasteiger partial charge < -0.3 is 9.88 Å². The molecule has 0 saturated carbocycles. The summed E-state index contributed by atoms with van der Waals surface area (Å²) in [6.07, 6.45) is 2.47. The van der Waals surface area contributed by atoms with Crippen LogP contribution in [0.4, 0.5) is 5.69 Å². The molecule has 1 aliphatic heterocycles. The van der Waals surface area contributed by atoms with Crippen LogP contribution < -0.4 is 5.32 Å². The van der Waals surface area contributed by atoms with Crippen molar-refractivity contribution in [1.82, 2.24) is 4.57 Å². The molecule has 2 aromatic rings. The summed E-state index contributed by atoms with van der Waals surface area (Å²) in [5.74, 6) is 0. The Labute approximate surface area is 110 Å². The molecule has 1 aliphatic rings. The summed E-state index contributed by atoms with van der Waals surface area (Å²) in [6.45, 7) is 5.55. The average Bonchev–Trinajstić information content (AvgIpc) is 2.82. The lowest BCUT2D eigenvalue weighted by Gasteiger charge is -2.10. The zero-order chi connectivity index (χ0) is 12.0. The van der Waals surface area contributed by atoms with Crippen molar-refractivity contribution in [3.05, 3.63) is 28.4 Å². The highest BCUT2D eigenvalue weighted by atomic mass is 79.9. The molecule has 0 aliphatic carbocycles. The van der Waals surface area contributed by atoms with Crippen molar-refractivity contribution in [2.24, 2.45) is 0 Å². The minimum absolute atomic E-state index is 0.477. The largest absolute Gasteiger partial charge is 0.381 e. The maximum absolute atomic E-state index is 3.61. The maximum atomic E-state index is 3.61. The topological polar surface area (TPSA) is 17.0 Å². The van der Waals surface area contributed by atoms with E-state index in [2.05, 4.69) is 57.9 Å². The van der Waals surface area contributed by atoms with Crippen molar-refractivity contribution in [2.45, 2.75) is 39.3 Å². The number of benzene rings is 1. The molecule has 0 saturated heterocycles. The fourth-order valence-electron chi connectivity index (χ4n) is 2.75. The predicted molar refractivity (Wildman–Crippen MR) is 76.7 cm³/mol. The van der Waals surface area contributed by atoms with Crippen LogP contribution in [0.25, 0.3) is 10.9 Å². The predicted octanol–water partition coefficient (Wildman–Crippen LogP) is 4.17. The van der Waals surface area contributed by atoms with Gasteiger partial charge in [-0.3, -0.25) is 0 Å². The van der Waals surface area contributed by atoms with E-state index in [0.717, 1.165) is 11.0 Å². The lowest BCUT2D eigenvalue weighted by molar-refractivity contribution is 0.772. The second-order valence-electron chi connectivity index (χ2n) is 5.04. The molecule has 0 amide bonds. The van der Waals surface area contributed by atoms with Crippen LogP contribution in [-0.4, -0.2) is 10.6 Å². The van der Waals surface area contributed by atoms with Gasteiger partial charge in [0.05, 0.1) is 11.2 Å². The number of halogens is 1. The van der Waals surface area contributed by atoms with Gasteiger partial charge in [0, 0.05) is 28.1 Å². The third-order valence-electron chi connectivity index (χ3n) is 3.36. The monoisotopic (exact) mass is 292 g/mol. The van der Waals surface area contributed by atoms with Gasteiger partial charge in [-0.2, -0.15) is 0 Å². The number of anilines is 1. The van der Waals surface area contributed by atoms with E-state index in [1.165, 1.54) is 35.1 Å². The smallest absolute Gasteiger partial charge is 0.0635 e. The molecule has 0 bridgehead atoms. The molecular formula is C14H17BrN2. The highest BCUT2D eigenvalue weighted by molar-refractivity contribution is 9.10. The first-order chi connectivity index (χ1) is 8.16. The molecule has 0 fully saturated rings. The second-order valence-corrected chi connectivity index (χ2v) is 5.95. The van der Waals surface area contributed by atoms with Crippen molar-refractivity contribution in [3.8, 4) is 0 Å². The molecule has 2 heterocycles. The fraction of sp³-hybridized carbons (Fsp3) is 0.429. The van der Waals surface area contributed by atoms with Gasteiger partial charge in [-0.1, -0.05) is 15.9 Å². The van der Waals surface area contributed by atoms with E-state index in [4.69, 9.17) is 0 Å². The van der Waals surface area contributed by atoms with Crippen LogP contribution in [0.1, 0.15) is 26.0 Å². The molecule has 0 atom stereocenters. The normalized spacial score (nSPS) is 14.6. The van der Waals surface area contributed by atoms with E-state index in [1.54, 1.807) is 0 Å². The van der Waals surface area contributed by atoms with E-state index >= 15 is 0 Å². The number of hydrogen-bond donors (Lipinski definition) is 1. The van der Waals surface area contributed by atoms with E-state index < -0.39 is 0 Å². The Morgan fingerprint density at radius 2 is 2.18 bits per heavy atom. The van der Waals surface area contributed by atoms with Gasteiger partial charge in [0.1, 0.15) is 0 Å². The number of aromatic nitrogens is 1. The third-order valence-corrected chi connectivity index (χ3v) is 3.85. The standard InChI is InChI=1S/C14H17BrN2/c1-9(2)16-14-11-8-10(15)5-6-12(11)17-7-3-4-13(14)17/h5-6,8-9,16H,3-4,7H2,1-2H3. The zero-order valence-electron chi connectivity index (χ0n) is 10.3. The van der Waals surface area contributed by atoms with Gasteiger partial charge in [-0.25, -0.2) is 0 Å². The first kappa shape index (κ1) is 11.1. The van der Waals surface area contributed by atoms with Gasteiger partial charge in [-0.05, 0) is 44.9 Å². The SMILES string of the molecule is CC(C)Nc1c2n(c3ccc(Br)cc13)CCC2. The summed E-state index contributed by atoms with van der Waals surface area (Å²) >= 11 is 3.57. The number of fused-ring (bicyclic) bond motifs is 3. The highest BCUT2D eigenvalue weighted by Crippen LogP contribution is 2.37. The van der Waals surface area contributed by atoms with Crippen molar-refractivity contribution >= 4 is 32.5 Å². The fourth-order valence-corrected chi connectivity index (χ4v) is 3.11. The number of hydrogen-bond acceptors (Lipinski definition) is 1. The minimum atomic E-state index is 0.477. The molecule has 0 radical (unpaired) electrons. The van der Waals surface area contributed by atoms with Gasteiger partial charge in [-0.15, -0.1) is 0 Å². The number of nitrogens with one attached hydrogen (secondary N) is 1. The maximum Gasteiger partial charge on any atom is 0.0635 e. The summed E-state index contributed by atoms with van der Waals surface area (Å²) in [5, 5.41) is 4.96. The van der Waals surface area contributed by atoms with Gasteiger partial charge in [0.15, 0.2) is 0 Å². The van der Waals surface area contributed by atoms with Crippen LogP contribution >= 0.6 is 15.9 Å². The summed E-state index contributed by atoms with van der Waals surface area (Å²) in [7, 11) is 0. The molecule has 0 spiro atoms. The third kappa shape index (κ3) is 1.77. The van der Waals surface area contributed by atoms with Crippen LogP contribution in [0.2, 0.25) is 0 Å². The molecule has 1 N–H and O–H groups in total. The van der Waals surface area contributed by atoms with Crippen LogP contribution in [0.5, 0.6) is 0 Å². The number of nitrogens with zero attached hydrogens (tertiary/aromatic N) is 1. The second kappa shape index (κ2) is 4.05. The molecule has 90 valence electrons. The van der Waals surface area contributed by atoms with E-state index in [9.17, 15) is 0 Å². The highest BCUT2D eigenvalue weighted by Gasteiger charge is 2.21. The Morgan fingerprint density at radius 3 is 2.94 bits per heavy atom. The van der Waals surface area contributed by atoms with Gasteiger partial charge in [0.25, 0.3) is 0 Å². The van der Waals surface area contributed by atoms with Gasteiger partial charge in [0.2, 0.25) is 0 Å². The van der Waals surface area contributed by atoms with Crippen molar-refractivity contribution in [2.75, 3.05) is 5.32 Å². The minimum Gasteiger partial charge on any atom is -0.381 e. The lowest BCUT2D eigenvalue weighted by Crippen LogP contribution is -2.10. The Kier molecular flexibility index (Phi) is 2.66. The molecule has 3 heteroatoms. The molecule has 3 rings (SSSR count). The Hall–Kier alpha value is -0.960. The van der Waals surface area contributed by atoms with Crippen LogP contribution in [-0.2, 0) is 13.0 Å². The first-order valence-corrected chi connectivity index (χ1v) is 7.03. The summed E-state index contributed by atoms with van der Waals surface area (Å²) < 4.78 is 3.62. The summed E-state index contributed by atoms with van der Waals surface area (Å²) in [5.41, 5.74) is 4.18. The summed E-state index contributed by atoms with van der Waals surface area (Å²) in [4.78, 5) is 0. The van der Waals surface area contributed by atoms with Crippen LogP contribution in [0.15, 0.2) is 22.7 Å². The Balaban J connectivity index is 2.26. The molecule has 1 aromatic heterocycles. The molecule has 1 aromatic carbocycles. The van der Waals surface area contributed by atoms with Gasteiger partial charge >= 0.3 is 0 Å². The van der Waals surface area contributed by atoms with Crippen molar-refractivity contribution in [3.63, 3.8) is 0 Å². The molecular weight excluding hydrogens is 276 g/mol. The first-order valence-electron chi connectivity index (χ1n) is 6.24. The molecule has 17 heavy (non-hydrogen) atoms. The van der Waals surface area contributed by atoms with Crippen molar-refractivity contribution < 1.29 is 0 Å².